The van der Waals surface area contributed by atoms with Gasteiger partial charge in [0, 0.05) is 17.8 Å². The van der Waals surface area contributed by atoms with E-state index in [1.165, 1.54) is 11.8 Å². The molecule has 0 saturated carbocycles. The molecule has 0 spiro atoms. The van der Waals surface area contributed by atoms with Gasteiger partial charge in [-0.2, -0.15) is 5.26 Å². The van der Waals surface area contributed by atoms with E-state index in [4.69, 9.17) is 15.4 Å². The third kappa shape index (κ3) is 3.60. The fourth-order valence-electron chi connectivity index (χ4n) is 3.60. The van der Waals surface area contributed by atoms with Gasteiger partial charge in [-0.05, 0) is 61.6 Å². The maximum atomic E-state index is 9.13. The van der Waals surface area contributed by atoms with Gasteiger partial charge in [0.1, 0.15) is 23.5 Å². The fourth-order valence-corrected chi connectivity index (χ4v) is 3.60. The first-order chi connectivity index (χ1) is 13.7. The third-order valence-electron chi connectivity index (χ3n) is 4.96. The monoisotopic (exact) mass is 371 g/mol. The van der Waals surface area contributed by atoms with E-state index in [1.807, 2.05) is 43.3 Å². The predicted molar refractivity (Wildman–Crippen MR) is 108 cm³/mol. The van der Waals surface area contributed by atoms with Crippen LogP contribution in [-0.4, -0.2) is 16.2 Å². The molecular weight excluding hydrogens is 350 g/mol. The molecule has 2 aromatic carbocycles. The molecule has 6 nitrogen and oxygen atoms in total. The van der Waals surface area contributed by atoms with E-state index >= 15 is 0 Å². The van der Waals surface area contributed by atoms with Gasteiger partial charge in [0.05, 0.1) is 23.5 Å². The number of nitriles is 1. The molecule has 0 fully saturated rings. The second kappa shape index (κ2) is 7.57. The summed E-state index contributed by atoms with van der Waals surface area (Å²) in [6.07, 6.45) is 5.94. The average Bonchev–Trinajstić information content (AvgIpc) is 3.12. The third-order valence-corrected chi connectivity index (χ3v) is 4.96. The van der Waals surface area contributed by atoms with Crippen LogP contribution in [0.2, 0.25) is 0 Å². The summed E-state index contributed by atoms with van der Waals surface area (Å²) in [7, 11) is 0. The van der Waals surface area contributed by atoms with Crippen molar-refractivity contribution in [3.63, 3.8) is 0 Å². The molecule has 1 atom stereocenters. The Morgan fingerprint density at radius 1 is 1.32 bits per heavy atom. The largest absolute Gasteiger partial charge is 0.486 e. The number of hydrogen-bond donors (Lipinski definition) is 3. The Morgan fingerprint density at radius 2 is 2.21 bits per heavy atom. The van der Waals surface area contributed by atoms with E-state index < -0.39 is 0 Å². The molecule has 1 aromatic heterocycles. The van der Waals surface area contributed by atoms with Crippen LogP contribution >= 0.6 is 0 Å². The van der Waals surface area contributed by atoms with Crippen LogP contribution in [0, 0.1) is 23.7 Å². The van der Waals surface area contributed by atoms with E-state index in [2.05, 4.69) is 21.4 Å². The Hall–Kier alpha value is -3.59. The summed E-state index contributed by atoms with van der Waals surface area (Å²) in [5.74, 6) is 2.33. The molecule has 0 bridgehead atoms. The number of anilines is 2. The molecule has 1 aliphatic rings. The Kier molecular flexibility index (Phi) is 4.81. The average molecular weight is 371 g/mol. The highest BCUT2D eigenvalue weighted by Gasteiger charge is 2.22. The summed E-state index contributed by atoms with van der Waals surface area (Å²) in [4.78, 5) is 7.33. The quantitative estimate of drug-likeness (QED) is 0.562. The van der Waals surface area contributed by atoms with Gasteiger partial charge in [-0.1, -0.05) is 6.07 Å². The summed E-state index contributed by atoms with van der Waals surface area (Å²) < 4.78 is 6.31. The summed E-state index contributed by atoms with van der Waals surface area (Å²) in [6, 6.07) is 13.7. The second-order valence-corrected chi connectivity index (χ2v) is 6.92. The van der Waals surface area contributed by atoms with Crippen LogP contribution in [0.25, 0.3) is 0 Å². The number of nitrogens with one attached hydrogen (secondary N) is 3. The number of aromatic nitrogens is 2. The summed E-state index contributed by atoms with van der Waals surface area (Å²) in [6.45, 7) is 1.89. The minimum absolute atomic E-state index is 0.0374. The number of hydrogen-bond acceptors (Lipinski definition) is 5. The molecule has 3 N–H and O–H groups in total. The van der Waals surface area contributed by atoms with Gasteiger partial charge in [-0.3, -0.25) is 0 Å². The van der Waals surface area contributed by atoms with Gasteiger partial charge >= 0.3 is 0 Å². The van der Waals surface area contributed by atoms with Crippen LogP contribution in [0.1, 0.15) is 47.0 Å². The molecule has 28 heavy (non-hydrogen) atoms. The van der Waals surface area contributed by atoms with E-state index in [-0.39, 0.29) is 6.10 Å². The molecule has 1 heterocycles. The second-order valence-electron chi connectivity index (χ2n) is 6.92. The smallest absolute Gasteiger partial charge is 0.127 e. The number of aromatic amines is 1. The zero-order valence-electron chi connectivity index (χ0n) is 15.6. The lowest BCUT2D eigenvalue weighted by atomic mass is 9.88. The number of rotatable bonds is 5. The normalized spacial score (nSPS) is 15.4. The topological polar surface area (TPSA) is 97.6 Å². The lowest BCUT2D eigenvalue weighted by Crippen LogP contribution is -2.15. The Morgan fingerprint density at radius 3 is 2.96 bits per heavy atom. The van der Waals surface area contributed by atoms with Gasteiger partial charge in [0.2, 0.25) is 0 Å². The zero-order valence-corrected chi connectivity index (χ0v) is 15.6. The van der Waals surface area contributed by atoms with Crippen molar-refractivity contribution in [2.45, 2.75) is 32.3 Å². The van der Waals surface area contributed by atoms with Crippen LogP contribution in [0.5, 0.6) is 5.75 Å². The minimum atomic E-state index is -0.0374. The van der Waals surface area contributed by atoms with E-state index in [0.29, 0.717) is 5.56 Å². The van der Waals surface area contributed by atoms with Crippen LogP contribution in [0.3, 0.4) is 0 Å². The number of fused-ring (bicyclic) bond motifs is 1. The number of benzene rings is 2. The van der Waals surface area contributed by atoms with E-state index in [1.54, 1.807) is 6.20 Å². The Labute approximate surface area is 163 Å². The van der Waals surface area contributed by atoms with Crippen LogP contribution in [-0.2, 0) is 6.42 Å². The molecule has 6 heteroatoms. The van der Waals surface area contributed by atoms with Crippen LogP contribution in [0.4, 0.5) is 11.5 Å². The van der Waals surface area contributed by atoms with Crippen LogP contribution in [0.15, 0.2) is 42.6 Å². The maximum Gasteiger partial charge on any atom is 0.127 e. The number of ether oxygens (including phenoxy) is 1. The maximum absolute atomic E-state index is 9.13. The van der Waals surface area contributed by atoms with Crippen molar-refractivity contribution in [1.82, 2.24) is 9.97 Å². The summed E-state index contributed by atoms with van der Waals surface area (Å²) in [5.41, 5.74) is 4.59. The molecule has 4 rings (SSSR count). The lowest BCUT2D eigenvalue weighted by molar-refractivity contribution is 0.183. The van der Waals surface area contributed by atoms with Gasteiger partial charge in [-0.15, -0.1) is 0 Å². The molecule has 3 aromatic rings. The minimum Gasteiger partial charge on any atom is -0.486 e. The molecule has 0 aliphatic heterocycles. The van der Waals surface area contributed by atoms with Gasteiger partial charge in [0.15, 0.2) is 0 Å². The molecule has 1 aliphatic carbocycles. The number of nitrogens with zero attached hydrogens (tertiary/aromatic N) is 2. The predicted octanol–water partition coefficient (Wildman–Crippen LogP) is 4.79. The van der Waals surface area contributed by atoms with Crippen molar-refractivity contribution in [1.29, 1.82) is 10.7 Å². The Bertz CT molecular complexity index is 1060. The SMILES string of the molecule is Cc1ncc(Nc2cc(OC3CCCc4cc(C#N)ccc43)ccc2C=N)[nH]1. The molecular formula is C22H21N5O. The standard InChI is InChI=1S/C22H21N5O/c1-14-25-13-22(26-14)27-20-10-18(7-6-17(20)12-24)28-21-4-2-3-16-9-15(11-23)5-8-19(16)21/h5-10,12-13,21,24,27H,2-4H2,1H3,(H,25,26). The van der Waals surface area contributed by atoms with Crippen molar-refractivity contribution in [3.8, 4) is 11.8 Å². The van der Waals surface area contributed by atoms with Gasteiger partial charge < -0.3 is 20.4 Å². The van der Waals surface area contributed by atoms with Gasteiger partial charge in [0.25, 0.3) is 0 Å². The van der Waals surface area contributed by atoms with E-state index in [0.717, 1.165) is 53.5 Å². The van der Waals surface area contributed by atoms with Crippen LogP contribution < -0.4 is 10.1 Å². The Balaban J connectivity index is 1.60. The molecule has 140 valence electrons. The summed E-state index contributed by atoms with van der Waals surface area (Å²) >= 11 is 0. The van der Waals surface area contributed by atoms with Crippen molar-refractivity contribution in [2.75, 3.05) is 5.32 Å². The van der Waals surface area contributed by atoms with Crippen molar-refractivity contribution < 1.29 is 4.74 Å². The van der Waals surface area contributed by atoms with E-state index in [9.17, 15) is 0 Å². The van der Waals surface area contributed by atoms with Crippen molar-refractivity contribution in [2.24, 2.45) is 0 Å². The molecule has 0 saturated heterocycles. The first-order valence-corrected chi connectivity index (χ1v) is 9.29. The van der Waals surface area contributed by atoms with Crippen molar-refractivity contribution >= 4 is 17.7 Å². The highest BCUT2D eigenvalue weighted by molar-refractivity contribution is 5.87. The highest BCUT2D eigenvalue weighted by atomic mass is 16.5. The number of aryl methyl sites for hydroxylation is 2. The molecule has 1 unspecified atom stereocenters. The molecule has 0 amide bonds. The molecule has 0 radical (unpaired) electrons. The van der Waals surface area contributed by atoms with Gasteiger partial charge in [-0.25, -0.2) is 4.98 Å². The first kappa shape index (κ1) is 17.8. The highest BCUT2D eigenvalue weighted by Crippen LogP contribution is 2.35. The number of imidazole rings is 1. The zero-order chi connectivity index (χ0) is 19.5. The lowest BCUT2D eigenvalue weighted by Gasteiger charge is -2.27. The fraction of sp³-hybridized carbons (Fsp3) is 0.227. The van der Waals surface area contributed by atoms with Crippen molar-refractivity contribution in [3.05, 3.63) is 70.7 Å². The summed E-state index contributed by atoms with van der Waals surface area (Å²) in [5, 5.41) is 20.1. The number of H-pyrrole nitrogens is 1. The first-order valence-electron chi connectivity index (χ1n) is 9.29.